The van der Waals surface area contributed by atoms with Crippen molar-refractivity contribution < 1.29 is 18.8 Å². The third-order valence-corrected chi connectivity index (χ3v) is 3.65. The smallest absolute Gasteiger partial charge is 0.357 e. The molecule has 1 aromatic carbocycles. The zero-order valence-corrected chi connectivity index (χ0v) is 13.1. The van der Waals surface area contributed by atoms with E-state index in [0.717, 1.165) is 23.9 Å². The number of carbonyl (C=O) groups excluding carboxylic acids is 1. The van der Waals surface area contributed by atoms with E-state index in [9.17, 15) is 19.3 Å². The van der Waals surface area contributed by atoms with Crippen molar-refractivity contribution in [3.05, 3.63) is 50.0 Å². The highest BCUT2D eigenvalue weighted by Gasteiger charge is 2.25. The van der Waals surface area contributed by atoms with Gasteiger partial charge in [0.1, 0.15) is 6.07 Å². The Morgan fingerprint density at radius 1 is 1.57 bits per heavy atom. The average Bonchev–Trinajstić information content (AvgIpc) is 2.84. The molecular weight excluding hydrogens is 375 g/mol. The van der Waals surface area contributed by atoms with Crippen molar-refractivity contribution in [1.29, 1.82) is 5.26 Å². The number of hydrogen-bond donors (Lipinski definition) is 1. The topological polar surface area (TPSA) is 124 Å². The van der Waals surface area contributed by atoms with Crippen LogP contribution in [0.2, 0.25) is 0 Å². The summed E-state index contributed by atoms with van der Waals surface area (Å²) >= 11 is 2.97. The summed E-state index contributed by atoms with van der Waals surface area (Å²) in [4.78, 5) is 21.9. The molecule has 0 aliphatic carbocycles. The van der Waals surface area contributed by atoms with Gasteiger partial charge in [-0.15, -0.1) is 0 Å². The molecule has 0 radical (unpaired) electrons. The van der Waals surface area contributed by atoms with Crippen LogP contribution >= 0.6 is 15.9 Å². The molecule has 0 aliphatic rings. The fraction of sp³-hybridized carbons (Fsp3) is 0.0769. The fourth-order valence-corrected chi connectivity index (χ4v) is 2.43. The molecule has 2 N–H and O–H groups in total. The van der Waals surface area contributed by atoms with Crippen molar-refractivity contribution in [2.24, 2.45) is 0 Å². The molecule has 0 spiro atoms. The normalized spacial score (nSPS) is 10.2. The molecule has 0 fully saturated rings. The number of anilines is 1. The number of nitriles is 1. The molecule has 1 aromatic heterocycles. The molecule has 0 unspecified atom stereocenters. The van der Waals surface area contributed by atoms with Gasteiger partial charge in [0.15, 0.2) is 11.5 Å². The quantitative estimate of drug-likeness (QED) is 0.493. The van der Waals surface area contributed by atoms with Crippen molar-refractivity contribution in [2.75, 3.05) is 12.8 Å². The van der Waals surface area contributed by atoms with Crippen LogP contribution < -0.4 is 5.73 Å². The van der Waals surface area contributed by atoms with Gasteiger partial charge in [-0.05, 0) is 22.0 Å². The lowest BCUT2D eigenvalue weighted by atomic mass is 10.2. The SMILES string of the molecule is COC(=O)c1c(N)c(C#N)cn1-c1cc(Br)c([N+](=O)[O-])cc1F. The van der Waals surface area contributed by atoms with E-state index in [1.54, 1.807) is 6.07 Å². The van der Waals surface area contributed by atoms with Gasteiger partial charge in [0.05, 0.1) is 39.5 Å². The number of rotatable bonds is 3. The number of methoxy groups -OCH3 is 1. The predicted octanol–water partition coefficient (Wildman–Crippen LogP) is 2.53. The van der Waals surface area contributed by atoms with Crippen LogP contribution in [-0.2, 0) is 4.74 Å². The van der Waals surface area contributed by atoms with Crippen LogP contribution in [0.15, 0.2) is 22.8 Å². The van der Waals surface area contributed by atoms with Crippen molar-refractivity contribution in [3.63, 3.8) is 0 Å². The largest absolute Gasteiger partial charge is 0.464 e. The van der Waals surface area contributed by atoms with Gasteiger partial charge in [-0.3, -0.25) is 10.1 Å². The summed E-state index contributed by atoms with van der Waals surface area (Å²) in [7, 11) is 1.10. The van der Waals surface area contributed by atoms with Crippen LogP contribution in [0.3, 0.4) is 0 Å². The molecule has 0 bridgehead atoms. The summed E-state index contributed by atoms with van der Waals surface area (Å²) in [6, 6.07) is 3.58. The Bertz CT molecular complexity index is 872. The lowest BCUT2D eigenvalue weighted by Crippen LogP contribution is -2.12. The first kappa shape index (κ1) is 16.4. The molecule has 118 valence electrons. The molecule has 8 nitrogen and oxygen atoms in total. The maximum absolute atomic E-state index is 14.2. The monoisotopic (exact) mass is 382 g/mol. The number of ether oxygens (including phenoxy) is 1. The highest BCUT2D eigenvalue weighted by Crippen LogP contribution is 2.32. The van der Waals surface area contributed by atoms with Gasteiger partial charge in [0.25, 0.3) is 5.69 Å². The van der Waals surface area contributed by atoms with Crippen LogP contribution in [0.25, 0.3) is 5.69 Å². The Hall–Kier alpha value is -2.93. The van der Waals surface area contributed by atoms with Crippen molar-refractivity contribution in [3.8, 4) is 11.8 Å². The number of nitrogen functional groups attached to an aromatic ring is 1. The average molecular weight is 383 g/mol. The number of aromatic nitrogens is 1. The first-order valence-corrected chi connectivity index (χ1v) is 6.74. The van der Waals surface area contributed by atoms with Gasteiger partial charge in [0.2, 0.25) is 0 Å². The molecule has 1 heterocycles. The summed E-state index contributed by atoms with van der Waals surface area (Å²) in [5, 5.41) is 19.8. The number of nitro benzene ring substituents is 1. The highest BCUT2D eigenvalue weighted by atomic mass is 79.9. The molecule has 0 saturated heterocycles. The standard InChI is InChI=1S/C13H8BrFN4O4/c1-23-13(20)12-11(17)6(4-16)5-18(12)10-2-7(14)9(19(21)22)3-8(10)15/h2-3,5H,17H2,1H3. The Kier molecular flexibility index (Phi) is 4.33. The van der Waals surface area contributed by atoms with E-state index in [1.165, 1.54) is 0 Å². The lowest BCUT2D eigenvalue weighted by Gasteiger charge is -2.10. The molecule has 10 heteroatoms. The van der Waals surface area contributed by atoms with Gasteiger partial charge >= 0.3 is 5.97 Å². The van der Waals surface area contributed by atoms with Crippen LogP contribution in [0.1, 0.15) is 16.1 Å². The minimum absolute atomic E-state index is 0.000458. The van der Waals surface area contributed by atoms with E-state index in [-0.39, 0.29) is 27.1 Å². The van der Waals surface area contributed by atoms with Gasteiger partial charge in [-0.1, -0.05) is 0 Å². The number of nitrogens with zero attached hydrogens (tertiary/aromatic N) is 3. The highest BCUT2D eigenvalue weighted by molar-refractivity contribution is 9.10. The second-order valence-electron chi connectivity index (χ2n) is 4.29. The third kappa shape index (κ3) is 2.74. The molecule has 0 atom stereocenters. The molecule has 0 saturated carbocycles. The maximum atomic E-state index is 14.2. The molecule has 23 heavy (non-hydrogen) atoms. The minimum Gasteiger partial charge on any atom is -0.464 e. The molecule has 2 aromatic rings. The number of nitrogens with two attached hydrogens (primary N) is 1. The van der Waals surface area contributed by atoms with E-state index in [0.29, 0.717) is 6.07 Å². The van der Waals surface area contributed by atoms with Crippen LogP contribution in [-0.4, -0.2) is 22.6 Å². The Morgan fingerprint density at radius 2 is 2.22 bits per heavy atom. The van der Waals surface area contributed by atoms with Crippen molar-refractivity contribution in [1.82, 2.24) is 4.57 Å². The zero-order valence-electron chi connectivity index (χ0n) is 11.5. The number of benzene rings is 1. The molecule has 0 amide bonds. The number of carbonyl (C=O) groups is 1. The number of hydrogen-bond acceptors (Lipinski definition) is 6. The molecular formula is C13H8BrFN4O4. The van der Waals surface area contributed by atoms with Crippen LogP contribution in [0, 0.1) is 27.3 Å². The van der Waals surface area contributed by atoms with E-state index < -0.39 is 22.4 Å². The van der Waals surface area contributed by atoms with Crippen molar-refractivity contribution >= 4 is 33.3 Å². The summed E-state index contributed by atoms with van der Waals surface area (Å²) in [6.07, 6.45) is 1.15. The Balaban J connectivity index is 2.77. The lowest BCUT2D eigenvalue weighted by molar-refractivity contribution is -0.385. The van der Waals surface area contributed by atoms with Gasteiger partial charge < -0.3 is 15.0 Å². The van der Waals surface area contributed by atoms with Gasteiger partial charge in [-0.2, -0.15) is 5.26 Å². The maximum Gasteiger partial charge on any atom is 0.357 e. The van der Waals surface area contributed by atoms with E-state index in [4.69, 9.17) is 11.0 Å². The Labute approximate surface area is 137 Å². The fourth-order valence-electron chi connectivity index (χ4n) is 1.95. The first-order valence-electron chi connectivity index (χ1n) is 5.94. The number of esters is 1. The molecule has 2 rings (SSSR count). The van der Waals surface area contributed by atoms with E-state index in [2.05, 4.69) is 20.7 Å². The van der Waals surface area contributed by atoms with Crippen LogP contribution in [0.5, 0.6) is 0 Å². The van der Waals surface area contributed by atoms with E-state index in [1.807, 2.05) is 0 Å². The zero-order chi connectivity index (χ0) is 17.3. The summed E-state index contributed by atoms with van der Waals surface area (Å²) in [6.45, 7) is 0. The predicted molar refractivity (Wildman–Crippen MR) is 80.5 cm³/mol. The second kappa shape index (κ2) is 6.05. The molecule has 0 aliphatic heterocycles. The Morgan fingerprint density at radius 3 is 2.74 bits per heavy atom. The summed E-state index contributed by atoms with van der Waals surface area (Å²) in [5.74, 6) is -1.84. The minimum atomic E-state index is -0.968. The summed E-state index contributed by atoms with van der Waals surface area (Å²) in [5.41, 5.74) is 4.55. The van der Waals surface area contributed by atoms with Gasteiger partial charge in [-0.25, -0.2) is 9.18 Å². The first-order chi connectivity index (χ1) is 10.8. The van der Waals surface area contributed by atoms with E-state index >= 15 is 0 Å². The second-order valence-corrected chi connectivity index (χ2v) is 5.14. The third-order valence-electron chi connectivity index (χ3n) is 3.02. The number of halogens is 2. The van der Waals surface area contributed by atoms with Gasteiger partial charge in [0, 0.05) is 6.20 Å². The number of nitro groups is 1. The van der Waals surface area contributed by atoms with Crippen molar-refractivity contribution in [2.45, 2.75) is 0 Å². The summed E-state index contributed by atoms with van der Waals surface area (Å²) < 4.78 is 19.8. The van der Waals surface area contributed by atoms with Crippen LogP contribution in [0.4, 0.5) is 15.8 Å².